The monoisotopic (exact) mass is 306 g/mol. The van der Waals surface area contributed by atoms with E-state index in [0.717, 1.165) is 5.69 Å². The van der Waals surface area contributed by atoms with Gasteiger partial charge in [-0.1, -0.05) is 25.7 Å². The molecule has 1 aliphatic rings. The summed E-state index contributed by atoms with van der Waals surface area (Å²) in [6, 6.07) is 1.91. The molecule has 122 valence electrons. The van der Waals surface area contributed by atoms with Gasteiger partial charge in [0.15, 0.2) is 5.82 Å². The van der Waals surface area contributed by atoms with Crippen LogP contribution in [0, 0.1) is 0 Å². The summed E-state index contributed by atoms with van der Waals surface area (Å²) in [5.41, 5.74) is 0.127. The number of anilines is 1. The fourth-order valence-electron chi connectivity index (χ4n) is 2.97. The Labute approximate surface area is 131 Å². The summed E-state index contributed by atoms with van der Waals surface area (Å²) in [6.45, 7) is 4.74. The molecule has 6 nitrogen and oxygen atoms in total. The van der Waals surface area contributed by atoms with Crippen molar-refractivity contribution in [2.45, 2.75) is 70.8 Å². The third-order valence-electron chi connectivity index (χ3n) is 4.19. The first-order chi connectivity index (χ1) is 10.4. The van der Waals surface area contributed by atoms with Crippen LogP contribution in [0.1, 0.15) is 70.9 Å². The Balaban J connectivity index is 1.99. The second kappa shape index (κ2) is 6.94. The van der Waals surface area contributed by atoms with Crippen LogP contribution in [0.15, 0.2) is 6.07 Å². The largest absolute Gasteiger partial charge is 0.342 e. The molecule has 1 heterocycles. The van der Waals surface area contributed by atoms with Crippen LogP contribution in [0.2, 0.25) is 0 Å². The van der Waals surface area contributed by atoms with Gasteiger partial charge in [-0.25, -0.2) is 0 Å². The topological polar surface area (TPSA) is 86.9 Å². The predicted molar refractivity (Wildman–Crippen MR) is 85.6 cm³/mol. The molecule has 1 fully saturated rings. The van der Waals surface area contributed by atoms with Crippen LogP contribution in [0.3, 0.4) is 0 Å². The lowest BCUT2D eigenvalue weighted by molar-refractivity contribution is -0.128. The van der Waals surface area contributed by atoms with E-state index in [0.29, 0.717) is 11.7 Å². The van der Waals surface area contributed by atoms with Crippen LogP contribution >= 0.6 is 0 Å². The highest BCUT2D eigenvalue weighted by Crippen LogP contribution is 2.31. The highest BCUT2D eigenvalue weighted by Gasteiger charge is 2.29. The van der Waals surface area contributed by atoms with Crippen molar-refractivity contribution in [1.82, 2.24) is 15.5 Å². The lowest BCUT2D eigenvalue weighted by Crippen LogP contribution is -2.51. The number of carbonyl (C=O) groups excluding carboxylic acids is 2. The number of H-pyrrole nitrogens is 1. The van der Waals surface area contributed by atoms with Crippen LogP contribution in [-0.2, 0) is 9.59 Å². The zero-order valence-electron chi connectivity index (χ0n) is 13.7. The molecule has 1 aliphatic carbocycles. The smallest absolute Gasteiger partial charge is 0.250 e. The molecule has 0 saturated heterocycles. The molecule has 3 N–H and O–H groups in total. The molecule has 1 aromatic rings. The lowest BCUT2D eigenvalue weighted by atomic mass is 9.97. The van der Waals surface area contributed by atoms with Crippen molar-refractivity contribution in [2.75, 3.05) is 5.32 Å². The Kier molecular flexibility index (Phi) is 5.21. The fourth-order valence-corrected chi connectivity index (χ4v) is 2.97. The fraction of sp³-hybridized carbons (Fsp3) is 0.688. The number of rotatable bonds is 4. The van der Waals surface area contributed by atoms with Crippen molar-refractivity contribution >= 4 is 17.6 Å². The molecule has 0 atom stereocenters. The zero-order valence-corrected chi connectivity index (χ0v) is 13.7. The van der Waals surface area contributed by atoms with E-state index in [2.05, 4.69) is 20.8 Å². The van der Waals surface area contributed by atoms with E-state index in [1.165, 1.54) is 45.4 Å². The lowest BCUT2D eigenvalue weighted by Gasteiger charge is -2.23. The van der Waals surface area contributed by atoms with Gasteiger partial charge in [-0.2, -0.15) is 5.10 Å². The molecule has 2 rings (SSSR count). The van der Waals surface area contributed by atoms with Gasteiger partial charge in [-0.3, -0.25) is 14.7 Å². The maximum absolute atomic E-state index is 12.2. The molecule has 0 spiro atoms. The molecule has 2 amide bonds. The standard InChI is InChI=1S/C16H26N4O2/c1-11(21)18-16(2,3)15(22)17-14-10-13(19-20-14)12-8-6-4-5-7-9-12/h10,12H,4-9H2,1-3H3,(H,18,21)(H2,17,19,20,22). The van der Waals surface area contributed by atoms with Gasteiger partial charge in [0.1, 0.15) is 5.54 Å². The first kappa shape index (κ1) is 16.5. The summed E-state index contributed by atoms with van der Waals surface area (Å²) in [4.78, 5) is 23.4. The third kappa shape index (κ3) is 4.32. The Bertz CT molecular complexity index is 528. The molecule has 1 aromatic heterocycles. The summed E-state index contributed by atoms with van der Waals surface area (Å²) < 4.78 is 0. The van der Waals surface area contributed by atoms with Gasteiger partial charge in [0.2, 0.25) is 5.91 Å². The van der Waals surface area contributed by atoms with E-state index in [9.17, 15) is 9.59 Å². The molecule has 1 saturated carbocycles. The van der Waals surface area contributed by atoms with Crippen LogP contribution in [0.5, 0.6) is 0 Å². The first-order valence-electron chi connectivity index (χ1n) is 8.04. The number of hydrogen-bond acceptors (Lipinski definition) is 3. The van der Waals surface area contributed by atoms with Crippen molar-refractivity contribution in [3.8, 4) is 0 Å². The van der Waals surface area contributed by atoms with Crippen molar-refractivity contribution in [3.63, 3.8) is 0 Å². The van der Waals surface area contributed by atoms with Crippen LogP contribution in [0.4, 0.5) is 5.82 Å². The molecule has 6 heteroatoms. The van der Waals surface area contributed by atoms with E-state index < -0.39 is 5.54 Å². The van der Waals surface area contributed by atoms with Gasteiger partial charge in [0, 0.05) is 24.6 Å². The van der Waals surface area contributed by atoms with Gasteiger partial charge in [0.25, 0.3) is 5.91 Å². The van der Waals surface area contributed by atoms with Crippen LogP contribution in [0.25, 0.3) is 0 Å². The van der Waals surface area contributed by atoms with Gasteiger partial charge in [-0.15, -0.1) is 0 Å². The summed E-state index contributed by atoms with van der Waals surface area (Å²) in [5, 5.41) is 12.6. The van der Waals surface area contributed by atoms with E-state index >= 15 is 0 Å². The van der Waals surface area contributed by atoms with Crippen LogP contribution in [-0.4, -0.2) is 27.6 Å². The minimum atomic E-state index is -0.965. The maximum atomic E-state index is 12.2. The number of aromatic amines is 1. The molecular formula is C16H26N4O2. The number of nitrogens with zero attached hydrogens (tertiary/aromatic N) is 1. The number of carbonyl (C=O) groups is 2. The number of nitrogens with one attached hydrogen (secondary N) is 3. The highest BCUT2D eigenvalue weighted by atomic mass is 16.2. The average Bonchev–Trinajstić information content (AvgIpc) is 2.71. The molecule has 22 heavy (non-hydrogen) atoms. The van der Waals surface area contributed by atoms with Crippen molar-refractivity contribution in [1.29, 1.82) is 0 Å². The molecule has 0 unspecified atom stereocenters. The summed E-state index contributed by atoms with van der Waals surface area (Å²) in [7, 11) is 0. The number of aromatic nitrogens is 2. The normalized spacial score (nSPS) is 16.9. The molecule has 0 bridgehead atoms. The van der Waals surface area contributed by atoms with Gasteiger partial charge in [0.05, 0.1) is 0 Å². The second-order valence-electron chi connectivity index (χ2n) is 6.66. The summed E-state index contributed by atoms with van der Waals surface area (Å²) >= 11 is 0. The quantitative estimate of drug-likeness (QED) is 0.747. The van der Waals surface area contributed by atoms with Gasteiger partial charge in [-0.05, 0) is 26.7 Å². The predicted octanol–water partition coefficient (Wildman–Crippen LogP) is 2.70. The Morgan fingerprint density at radius 3 is 2.45 bits per heavy atom. The summed E-state index contributed by atoms with van der Waals surface area (Å²) in [5.74, 6) is 0.509. The highest BCUT2D eigenvalue weighted by molar-refractivity contribution is 5.99. The molecule has 0 aliphatic heterocycles. The number of amides is 2. The van der Waals surface area contributed by atoms with Gasteiger partial charge < -0.3 is 10.6 Å². The molecule has 0 aromatic carbocycles. The average molecular weight is 306 g/mol. The molecule has 0 radical (unpaired) electrons. The van der Waals surface area contributed by atoms with Crippen molar-refractivity contribution < 1.29 is 9.59 Å². The first-order valence-corrected chi connectivity index (χ1v) is 8.04. The zero-order chi connectivity index (χ0) is 16.2. The summed E-state index contributed by atoms with van der Waals surface area (Å²) in [6.07, 6.45) is 7.46. The second-order valence-corrected chi connectivity index (χ2v) is 6.66. The maximum Gasteiger partial charge on any atom is 0.250 e. The van der Waals surface area contributed by atoms with E-state index in [1.54, 1.807) is 13.8 Å². The van der Waals surface area contributed by atoms with E-state index in [-0.39, 0.29) is 11.8 Å². The Hall–Kier alpha value is -1.85. The van der Waals surface area contributed by atoms with Crippen LogP contribution < -0.4 is 10.6 Å². The Morgan fingerprint density at radius 1 is 1.23 bits per heavy atom. The SMILES string of the molecule is CC(=O)NC(C)(C)C(=O)Nc1cc(C2CCCCCC2)[nH]n1. The third-order valence-corrected chi connectivity index (χ3v) is 4.19. The molecular weight excluding hydrogens is 280 g/mol. The number of hydrogen-bond donors (Lipinski definition) is 3. The Morgan fingerprint density at radius 2 is 1.86 bits per heavy atom. The minimum Gasteiger partial charge on any atom is -0.342 e. The van der Waals surface area contributed by atoms with E-state index in [1.807, 2.05) is 6.07 Å². The van der Waals surface area contributed by atoms with Gasteiger partial charge >= 0.3 is 0 Å². The van der Waals surface area contributed by atoms with E-state index in [4.69, 9.17) is 0 Å². The minimum absolute atomic E-state index is 0.235. The van der Waals surface area contributed by atoms with Crippen molar-refractivity contribution in [2.24, 2.45) is 0 Å². The van der Waals surface area contributed by atoms with Crippen molar-refractivity contribution in [3.05, 3.63) is 11.8 Å².